The Bertz CT molecular complexity index is 1070. The van der Waals surface area contributed by atoms with E-state index >= 15 is 0 Å². The number of carbonyl (C=O) groups is 1. The number of methoxy groups -OCH3 is 1. The van der Waals surface area contributed by atoms with Crippen molar-refractivity contribution in [3.8, 4) is 22.8 Å². The normalized spacial score (nSPS) is 11.3. The number of carbonyl (C=O) groups excluding carboxylic acids is 1. The van der Waals surface area contributed by atoms with Crippen LogP contribution in [-0.2, 0) is 27.4 Å². The van der Waals surface area contributed by atoms with Crippen molar-refractivity contribution in [3.05, 3.63) is 65.9 Å². The van der Waals surface area contributed by atoms with E-state index in [4.69, 9.17) is 24.0 Å². The minimum Gasteiger partial charge on any atom is -0.494 e. The van der Waals surface area contributed by atoms with Crippen LogP contribution in [0.1, 0.15) is 39.0 Å². The number of ether oxygens (including phenoxy) is 4. The molecular weight excluding hydrogens is 420 g/mol. The Kier molecular flexibility index (Phi) is 8.11. The second-order valence-electron chi connectivity index (χ2n) is 7.97. The molecule has 1 aromatic heterocycles. The van der Waals surface area contributed by atoms with Gasteiger partial charge in [-0.15, -0.1) is 0 Å². The minimum atomic E-state index is -1.07. The summed E-state index contributed by atoms with van der Waals surface area (Å²) in [4.78, 5) is 12.0. The highest BCUT2D eigenvalue weighted by atomic mass is 16.6. The van der Waals surface area contributed by atoms with Gasteiger partial charge in [0.15, 0.2) is 5.60 Å². The van der Waals surface area contributed by atoms with Crippen molar-refractivity contribution in [3.63, 3.8) is 0 Å². The molecule has 1 heterocycles. The first-order chi connectivity index (χ1) is 15.9. The molecule has 3 rings (SSSR count). The molecule has 33 heavy (non-hydrogen) atoms. The zero-order valence-electron chi connectivity index (χ0n) is 20.0. The summed E-state index contributed by atoms with van der Waals surface area (Å²) in [6, 6.07) is 17.8. The number of nitrogens with zero attached hydrogens (tertiary/aromatic N) is 2. The lowest BCUT2D eigenvalue weighted by Gasteiger charge is -2.21. The van der Waals surface area contributed by atoms with E-state index in [1.165, 1.54) is 7.11 Å². The molecule has 0 saturated carbocycles. The first-order valence-corrected chi connectivity index (χ1v) is 11.1. The summed E-state index contributed by atoms with van der Waals surface area (Å²) in [5.74, 6) is 1.19. The van der Waals surface area contributed by atoms with E-state index in [0.29, 0.717) is 25.5 Å². The van der Waals surface area contributed by atoms with Crippen molar-refractivity contribution in [2.24, 2.45) is 0 Å². The third kappa shape index (κ3) is 6.14. The van der Waals surface area contributed by atoms with E-state index in [9.17, 15) is 4.79 Å². The van der Waals surface area contributed by atoms with Gasteiger partial charge in [-0.05, 0) is 52.0 Å². The molecule has 0 N–H and O–H groups in total. The lowest BCUT2D eigenvalue weighted by Crippen LogP contribution is -2.35. The Balaban J connectivity index is 1.96. The van der Waals surface area contributed by atoms with Crippen LogP contribution in [0.3, 0.4) is 0 Å². The largest absolute Gasteiger partial charge is 0.494 e. The van der Waals surface area contributed by atoms with Crippen LogP contribution in [0.5, 0.6) is 11.5 Å². The molecule has 0 amide bonds. The second-order valence-corrected chi connectivity index (χ2v) is 7.97. The molecule has 0 saturated heterocycles. The van der Waals surface area contributed by atoms with Crippen molar-refractivity contribution in [2.45, 2.75) is 46.4 Å². The van der Waals surface area contributed by atoms with Gasteiger partial charge in [-0.25, -0.2) is 4.79 Å². The molecule has 2 aromatic carbocycles. The maximum atomic E-state index is 12.0. The van der Waals surface area contributed by atoms with Crippen molar-refractivity contribution < 1.29 is 23.7 Å². The number of aromatic nitrogens is 2. The first-order valence-electron chi connectivity index (χ1n) is 11.1. The summed E-state index contributed by atoms with van der Waals surface area (Å²) in [6.07, 6.45) is 0. The average Bonchev–Trinajstić information content (AvgIpc) is 3.22. The van der Waals surface area contributed by atoms with E-state index in [0.717, 1.165) is 28.3 Å². The van der Waals surface area contributed by atoms with Crippen LogP contribution in [0.2, 0.25) is 0 Å². The fraction of sp³-hybridized carbons (Fsp3) is 0.385. The SMILES string of the molecule is CCOc1cccc(-c2cc(COC(C)(C)C(=O)OC)nn2Cc2ccccc2OCC)c1. The molecule has 0 aliphatic heterocycles. The fourth-order valence-corrected chi connectivity index (χ4v) is 3.46. The second kappa shape index (κ2) is 11.0. The molecule has 0 spiro atoms. The van der Waals surface area contributed by atoms with Crippen molar-refractivity contribution in [1.29, 1.82) is 0 Å². The molecule has 0 unspecified atom stereocenters. The lowest BCUT2D eigenvalue weighted by atomic mass is 10.1. The van der Waals surface area contributed by atoms with Gasteiger partial charge in [-0.3, -0.25) is 4.68 Å². The van der Waals surface area contributed by atoms with Crippen LogP contribution in [0.15, 0.2) is 54.6 Å². The maximum absolute atomic E-state index is 12.0. The number of benzene rings is 2. The Labute approximate surface area is 195 Å². The number of rotatable bonds is 11. The maximum Gasteiger partial charge on any atom is 0.337 e. The van der Waals surface area contributed by atoms with Crippen molar-refractivity contribution in [1.82, 2.24) is 9.78 Å². The Hall–Kier alpha value is -3.32. The van der Waals surface area contributed by atoms with Gasteiger partial charge >= 0.3 is 5.97 Å². The fourth-order valence-electron chi connectivity index (χ4n) is 3.46. The van der Waals surface area contributed by atoms with Crippen LogP contribution in [-0.4, -0.2) is 41.7 Å². The zero-order valence-corrected chi connectivity index (χ0v) is 20.0. The molecule has 0 aliphatic carbocycles. The summed E-state index contributed by atoms with van der Waals surface area (Å²) in [5, 5.41) is 4.79. The van der Waals surface area contributed by atoms with E-state index in [1.807, 2.05) is 73.1 Å². The van der Waals surface area contributed by atoms with Gasteiger partial charge in [0.2, 0.25) is 0 Å². The van der Waals surface area contributed by atoms with Gasteiger partial charge in [0.25, 0.3) is 0 Å². The number of esters is 1. The van der Waals surface area contributed by atoms with Crippen molar-refractivity contribution >= 4 is 5.97 Å². The summed E-state index contributed by atoms with van der Waals surface area (Å²) in [7, 11) is 1.35. The van der Waals surface area contributed by atoms with Gasteiger partial charge in [0.1, 0.15) is 11.5 Å². The Morgan fingerprint density at radius 1 is 1.00 bits per heavy atom. The monoisotopic (exact) mass is 452 g/mol. The lowest BCUT2D eigenvalue weighted by molar-refractivity contribution is -0.166. The summed E-state index contributed by atoms with van der Waals surface area (Å²) >= 11 is 0. The molecule has 7 heteroatoms. The quantitative estimate of drug-likeness (QED) is 0.387. The van der Waals surface area contributed by atoms with Crippen LogP contribution in [0.25, 0.3) is 11.3 Å². The van der Waals surface area contributed by atoms with E-state index in [-0.39, 0.29) is 6.61 Å². The Morgan fingerprint density at radius 3 is 2.48 bits per heavy atom. The van der Waals surface area contributed by atoms with Gasteiger partial charge in [0.05, 0.1) is 44.9 Å². The van der Waals surface area contributed by atoms with Crippen LogP contribution in [0, 0.1) is 0 Å². The third-order valence-corrected chi connectivity index (χ3v) is 5.12. The highest BCUT2D eigenvalue weighted by molar-refractivity contribution is 5.78. The Morgan fingerprint density at radius 2 is 1.76 bits per heavy atom. The highest BCUT2D eigenvalue weighted by Crippen LogP contribution is 2.28. The third-order valence-electron chi connectivity index (χ3n) is 5.12. The van der Waals surface area contributed by atoms with E-state index < -0.39 is 11.6 Å². The smallest absolute Gasteiger partial charge is 0.337 e. The van der Waals surface area contributed by atoms with Crippen LogP contribution < -0.4 is 9.47 Å². The number of hydrogen-bond donors (Lipinski definition) is 0. The van der Waals surface area contributed by atoms with Crippen molar-refractivity contribution in [2.75, 3.05) is 20.3 Å². The highest BCUT2D eigenvalue weighted by Gasteiger charge is 2.30. The molecule has 176 valence electrons. The summed E-state index contributed by atoms with van der Waals surface area (Å²) < 4.78 is 24.1. The molecule has 0 bridgehead atoms. The van der Waals surface area contributed by atoms with Gasteiger partial charge < -0.3 is 18.9 Å². The zero-order chi connectivity index (χ0) is 23.8. The first kappa shape index (κ1) is 24.3. The molecule has 0 fully saturated rings. The molecule has 0 atom stereocenters. The summed E-state index contributed by atoms with van der Waals surface area (Å²) in [5.41, 5.74) is 2.54. The molecule has 0 radical (unpaired) electrons. The minimum absolute atomic E-state index is 0.167. The number of hydrogen-bond acceptors (Lipinski definition) is 6. The molecule has 3 aromatic rings. The standard InChI is InChI=1S/C26H32N2O5/c1-6-31-22-13-10-12-19(15-22)23-16-21(18-33-26(3,4)25(29)30-5)27-28(23)17-20-11-8-9-14-24(20)32-7-2/h8-16H,6-7,17-18H2,1-5H3. The molecule has 0 aliphatic rings. The predicted octanol–water partition coefficient (Wildman–Crippen LogP) is 4.86. The van der Waals surface area contributed by atoms with Gasteiger partial charge in [0, 0.05) is 11.1 Å². The topological polar surface area (TPSA) is 71.8 Å². The van der Waals surface area contributed by atoms with Crippen LogP contribution >= 0.6 is 0 Å². The van der Waals surface area contributed by atoms with Gasteiger partial charge in [-0.1, -0.05) is 30.3 Å². The molecule has 7 nitrogen and oxygen atoms in total. The number of para-hydroxylation sites is 1. The van der Waals surface area contributed by atoms with E-state index in [2.05, 4.69) is 0 Å². The van der Waals surface area contributed by atoms with Gasteiger partial charge in [-0.2, -0.15) is 5.10 Å². The summed E-state index contributed by atoms with van der Waals surface area (Å²) in [6.45, 7) is 9.15. The average molecular weight is 453 g/mol. The molecular formula is C26H32N2O5. The van der Waals surface area contributed by atoms with Crippen LogP contribution in [0.4, 0.5) is 0 Å². The van der Waals surface area contributed by atoms with E-state index in [1.54, 1.807) is 13.8 Å². The predicted molar refractivity (Wildman–Crippen MR) is 126 cm³/mol.